The number of thiocarbonyl (C=S) groups is 1. The van der Waals surface area contributed by atoms with Gasteiger partial charge in [0.2, 0.25) is 0 Å². The predicted molar refractivity (Wildman–Crippen MR) is 75.4 cm³/mol. The summed E-state index contributed by atoms with van der Waals surface area (Å²) in [7, 11) is -4.03. The van der Waals surface area contributed by atoms with E-state index in [1.165, 1.54) is 12.3 Å². The van der Waals surface area contributed by atoms with Gasteiger partial charge in [-0.15, -0.1) is 0 Å². The van der Waals surface area contributed by atoms with Crippen molar-refractivity contribution in [2.45, 2.75) is 11.3 Å². The fourth-order valence-corrected chi connectivity index (χ4v) is 3.64. The number of sulfonamides is 1. The van der Waals surface area contributed by atoms with Gasteiger partial charge in [0.15, 0.2) is 0 Å². The Morgan fingerprint density at radius 1 is 1.32 bits per heavy atom. The third-order valence-corrected chi connectivity index (χ3v) is 4.68. The minimum absolute atomic E-state index is 0.293. The first kappa shape index (κ1) is 12.4. The summed E-state index contributed by atoms with van der Waals surface area (Å²) in [5.41, 5.74) is 1.47. The molecule has 0 spiro atoms. The fraction of sp³-hybridized carbons (Fsp3) is 0.0769. The zero-order chi connectivity index (χ0) is 13.6. The second-order valence-corrected chi connectivity index (χ2v) is 6.25. The van der Waals surface area contributed by atoms with Crippen LogP contribution < -0.4 is 0 Å². The Labute approximate surface area is 115 Å². The van der Waals surface area contributed by atoms with Gasteiger partial charge >= 0.3 is 0 Å². The highest BCUT2D eigenvalue weighted by Crippen LogP contribution is 2.35. The van der Waals surface area contributed by atoms with E-state index in [4.69, 9.17) is 12.2 Å². The van der Waals surface area contributed by atoms with Crippen LogP contribution in [-0.2, 0) is 10.0 Å². The Morgan fingerprint density at radius 2 is 2.11 bits per heavy atom. The Hall–Kier alpha value is -1.66. The van der Waals surface area contributed by atoms with Crippen molar-refractivity contribution in [3.8, 4) is 0 Å². The van der Waals surface area contributed by atoms with E-state index in [1.807, 2.05) is 6.08 Å². The maximum atomic E-state index is 13.9. The molecule has 1 aliphatic heterocycles. The van der Waals surface area contributed by atoms with Gasteiger partial charge in [0.1, 0.15) is 10.7 Å². The molecule has 0 saturated carbocycles. The van der Waals surface area contributed by atoms with Crippen molar-refractivity contribution in [1.82, 2.24) is 0 Å². The molecule has 0 amide bonds. The van der Waals surface area contributed by atoms with Crippen LogP contribution in [-0.4, -0.2) is 19.5 Å². The lowest BCUT2D eigenvalue weighted by atomic mass is 9.92. The summed E-state index contributed by atoms with van der Waals surface area (Å²) in [6.07, 6.45) is 5.36. The van der Waals surface area contributed by atoms with Crippen LogP contribution in [0.15, 0.2) is 45.2 Å². The molecule has 3 rings (SSSR count). The number of nitrogens with zero attached hydrogens (tertiary/aromatic N) is 1. The van der Waals surface area contributed by atoms with Gasteiger partial charge in [0, 0.05) is 34.2 Å². The summed E-state index contributed by atoms with van der Waals surface area (Å²) >= 11 is 5.27. The highest BCUT2D eigenvalue weighted by atomic mass is 32.2. The number of benzene rings is 1. The van der Waals surface area contributed by atoms with Crippen LogP contribution in [0.25, 0.3) is 5.57 Å². The first-order valence-electron chi connectivity index (χ1n) is 5.54. The minimum Gasteiger partial charge on any atom is -0.205 e. The van der Waals surface area contributed by atoms with Crippen LogP contribution in [0.5, 0.6) is 0 Å². The molecule has 0 bridgehead atoms. The first-order valence-corrected chi connectivity index (χ1v) is 7.39. The van der Waals surface area contributed by atoms with E-state index in [1.54, 1.807) is 12.1 Å². The van der Waals surface area contributed by atoms with Crippen molar-refractivity contribution < 1.29 is 12.8 Å². The molecule has 0 atom stereocenters. The molecule has 1 aromatic carbocycles. The molecule has 19 heavy (non-hydrogen) atoms. The molecule has 0 fully saturated rings. The van der Waals surface area contributed by atoms with Crippen molar-refractivity contribution in [1.29, 1.82) is 0 Å². The molecule has 96 valence electrons. The van der Waals surface area contributed by atoms with E-state index >= 15 is 0 Å². The second kappa shape index (κ2) is 4.18. The van der Waals surface area contributed by atoms with Crippen molar-refractivity contribution in [3.05, 3.63) is 47.3 Å². The van der Waals surface area contributed by atoms with Crippen LogP contribution in [0, 0.1) is 5.82 Å². The smallest absolute Gasteiger partial charge is 0.205 e. The summed E-state index contributed by atoms with van der Waals surface area (Å²) in [6.45, 7) is 0. The summed E-state index contributed by atoms with van der Waals surface area (Å²) in [4.78, 5) is 0.196. The molecule has 1 heterocycles. The van der Waals surface area contributed by atoms with Crippen molar-refractivity contribution in [2.75, 3.05) is 0 Å². The number of rotatable bonds is 0. The van der Waals surface area contributed by atoms with E-state index in [9.17, 15) is 12.8 Å². The second-order valence-electron chi connectivity index (χ2n) is 4.19. The molecule has 0 aromatic heterocycles. The Bertz CT molecular complexity index is 789. The number of allylic oxidation sites excluding steroid dienone is 4. The SMILES string of the molecule is O=S1(=O)N=CC2=C(C(=S)CC=C2)c2cccc(F)c21. The molecular weight excluding hydrogens is 285 g/mol. The molecule has 0 radical (unpaired) electrons. The van der Waals surface area contributed by atoms with Gasteiger partial charge in [-0.1, -0.05) is 36.5 Å². The fourth-order valence-electron chi connectivity index (χ4n) is 2.20. The molecular formula is C13H8FNO2S2. The van der Waals surface area contributed by atoms with Crippen LogP contribution in [0.1, 0.15) is 12.0 Å². The van der Waals surface area contributed by atoms with Crippen LogP contribution >= 0.6 is 12.2 Å². The zero-order valence-corrected chi connectivity index (χ0v) is 11.3. The molecule has 0 saturated heterocycles. The number of hydrogen-bond donors (Lipinski definition) is 0. The minimum atomic E-state index is -4.03. The average molecular weight is 293 g/mol. The lowest BCUT2D eigenvalue weighted by Crippen LogP contribution is -2.08. The molecule has 1 aromatic rings. The zero-order valence-electron chi connectivity index (χ0n) is 9.63. The van der Waals surface area contributed by atoms with Gasteiger partial charge in [-0.05, 0) is 6.07 Å². The molecule has 0 unspecified atom stereocenters. The van der Waals surface area contributed by atoms with E-state index in [0.717, 1.165) is 6.07 Å². The van der Waals surface area contributed by atoms with E-state index in [2.05, 4.69) is 4.40 Å². The third kappa shape index (κ3) is 1.87. The highest BCUT2D eigenvalue weighted by Gasteiger charge is 2.29. The van der Waals surface area contributed by atoms with Gasteiger partial charge in [-0.2, -0.15) is 12.8 Å². The molecule has 2 aliphatic rings. The standard InChI is InChI=1S/C13H8FNO2S2/c14-10-5-2-4-9-12-8(3-1-6-11(12)18)7-15-19(16,17)13(9)10/h1-5,7H,6H2. The van der Waals surface area contributed by atoms with Crippen molar-refractivity contribution in [2.24, 2.45) is 4.40 Å². The molecule has 3 nitrogen and oxygen atoms in total. The summed E-state index contributed by atoms with van der Waals surface area (Å²) in [6, 6.07) is 4.14. The first-order chi connectivity index (χ1) is 9.00. The summed E-state index contributed by atoms with van der Waals surface area (Å²) in [5.74, 6) is -0.805. The molecule has 6 heteroatoms. The van der Waals surface area contributed by atoms with Gasteiger partial charge in [-0.3, -0.25) is 0 Å². The van der Waals surface area contributed by atoms with Crippen LogP contribution in [0.2, 0.25) is 0 Å². The average Bonchev–Trinajstić information content (AvgIpc) is 2.47. The van der Waals surface area contributed by atoms with Crippen molar-refractivity contribution >= 4 is 38.9 Å². The van der Waals surface area contributed by atoms with E-state index in [0.29, 0.717) is 28.0 Å². The summed E-state index contributed by atoms with van der Waals surface area (Å²) < 4.78 is 41.5. The largest absolute Gasteiger partial charge is 0.285 e. The number of halogens is 1. The Kier molecular flexibility index (Phi) is 2.72. The van der Waals surface area contributed by atoms with Gasteiger partial charge in [0.25, 0.3) is 10.0 Å². The van der Waals surface area contributed by atoms with E-state index < -0.39 is 20.7 Å². The third-order valence-electron chi connectivity index (χ3n) is 2.99. The number of fused-ring (bicyclic) bond motifs is 2. The molecule has 0 N–H and O–H groups in total. The van der Waals surface area contributed by atoms with Crippen LogP contribution in [0.4, 0.5) is 4.39 Å². The number of hydrogen-bond acceptors (Lipinski definition) is 3. The Balaban J connectivity index is 2.46. The lowest BCUT2D eigenvalue weighted by Gasteiger charge is -2.15. The molecule has 1 aliphatic carbocycles. The van der Waals surface area contributed by atoms with Gasteiger partial charge in [-0.25, -0.2) is 4.39 Å². The topological polar surface area (TPSA) is 46.5 Å². The maximum Gasteiger partial charge on any atom is 0.285 e. The monoisotopic (exact) mass is 293 g/mol. The van der Waals surface area contributed by atoms with E-state index in [-0.39, 0.29) is 0 Å². The van der Waals surface area contributed by atoms with Crippen LogP contribution in [0.3, 0.4) is 0 Å². The quantitative estimate of drug-likeness (QED) is 0.691. The highest BCUT2D eigenvalue weighted by molar-refractivity contribution is 7.90. The maximum absolute atomic E-state index is 13.9. The van der Waals surface area contributed by atoms with Gasteiger partial charge in [0.05, 0.1) is 0 Å². The lowest BCUT2D eigenvalue weighted by molar-refractivity contribution is 0.567. The van der Waals surface area contributed by atoms with Gasteiger partial charge < -0.3 is 0 Å². The normalized spacial score (nSPS) is 19.9. The Morgan fingerprint density at radius 3 is 2.89 bits per heavy atom. The predicted octanol–water partition coefficient (Wildman–Crippen LogP) is 2.68. The van der Waals surface area contributed by atoms with Crippen molar-refractivity contribution in [3.63, 3.8) is 0 Å². The summed E-state index contributed by atoms with van der Waals surface area (Å²) in [5, 5.41) is 0.